The molecular formula is C7H13N3O2. The zero-order valence-electron chi connectivity index (χ0n) is 7.18. The Bertz CT molecular complexity index is 245. The van der Waals surface area contributed by atoms with E-state index in [1.54, 1.807) is 13.8 Å². The normalized spacial score (nSPS) is 16.0. The van der Waals surface area contributed by atoms with Gasteiger partial charge in [0.05, 0.1) is 30.6 Å². The molecule has 0 fully saturated rings. The first-order valence-corrected chi connectivity index (χ1v) is 3.85. The Labute approximate surface area is 70.6 Å². The minimum Gasteiger partial charge on any atom is -0.391 e. The fourth-order valence-corrected chi connectivity index (χ4v) is 0.981. The van der Waals surface area contributed by atoms with Gasteiger partial charge in [0.15, 0.2) is 0 Å². The molecule has 0 bridgehead atoms. The molecule has 2 unspecified atom stereocenters. The molecule has 0 saturated carbocycles. The highest BCUT2D eigenvalue weighted by Crippen LogP contribution is 2.09. The molecule has 0 aliphatic carbocycles. The van der Waals surface area contributed by atoms with Gasteiger partial charge in [-0.25, -0.2) is 4.68 Å². The van der Waals surface area contributed by atoms with Crippen LogP contribution in [-0.2, 0) is 6.54 Å². The molecular weight excluding hydrogens is 158 g/mol. The van der Waals surface area contributed by atoms with E-state index in [1.165, 1.54) is 10.9 Å². The quantitative estimate of drug-likeness (QED) is 0.655. The maximum absolute atomic E-state index is 9.22. The van der Waals surface area contributed by atoms with Crippen molar-refractivity contribution in [1.82, 2.24) is 15.0 Å². The number of nitrogens with zero attached hydrogens (tertiary/aromatic N) is 3. The van der Waals surface area contributed by atoms with Gasteiger partial charge in [-0.15, -0.1) is 5.10 Å². The molecule has 0 radical (unpaired) electrons. The lowest BCUT2D eigenvalue weighted by Crippen LogP contribution is -2.16. The van der Waals surface area contributed by atoms with Crippen molar-refractivity contribution in [2.45, 2.75) is 32.6 Å². The lowest BCUT2D eigenvalue weighted by Gasteiger charge is -2.09. The van der Waals surface area contributed by atoms with Crippen molar-refractivity contribution < 1.29 is 10.2 Å². The van der Waals surface area contributed by atoms with Gasteiger partial charge in [-0.2, -0.15) is 0 Å². The topological polar surface area (TPSA) is 71.2 Å². The van der Waals surface area contributed by atoms with Gasteiger partial charge >= 0.3 is 0 Å². The third kappa shape index (κ3) is 2.02. The highest BCUT2D eigenvalue weighted by atomic mass is 16.3. The highest BCUT2D eigenvalue weighted by molar-refractivity contribution is 4.97. The van der Waals surface area contributed by atoms with Gasteiger partial charge in [-0.1, -0.05) is 5.21 Å². The van der Waals surface area contributed by atoms with Crippen LogP contribution in [0.1, 0.15) is 25.6 Å². The molecule has 12 heavy (non-hydrogen) atoms. The molecule has 0 aliphatic rings. The zero-order valence-corrected chi connectivity index (χ0v) is 7.18. The minimum atomic E-state index is -0.598. The van der Waals surface area contributed by atoms with Gasteiger partial charge in [0.2, 0.25) is 0 Å². The van der Waals surface area contributed by atoms with Crippen molar-refractivity contribution in [3.63, 3.8) is 0 Å². The lowest BCUT2D eigenvalue weighted by molar-refractivity contribution is 0.151. The van der Waals surface area contributed by atoms with E-state index in [4.69, 9.17) is 5.11 Å². The summed E-state index contributed by atoms with van der Waals surface area (Å²) in [7, 11) is 0. The van der Waals surface area contributed by atoms with Crippen LogP contribution in [0.25, 0.3) is 0 Å². The Kier molecular flexibility index (Phi) is 2.78. The predicted molar refractivity (Wildman–Crippen MR) is 42.3 cm³/mol. The Morgan fingerprint density at radius 2 is 2.17 bits per heavy atom. The first-order valence-electron chi connectivity index (χ1n) is 3.85. The van der Waals surface area contributed by atoms with Gasteiger partial charge in [-0.05, 0) is 13.8 Å². The van der Waals surface area contributed by atoms with Crippen LogP contribution in [0.4, 0.5) is 0 Å². The van der Waals surface area contributed by atoms with Crippen molar-refractivity contribution >= 4 is 0 Å². The van der Waals surface area contributed by atoms with Gasteiger partial charge in [-0.3, -0.25) is 0 Å². The van der Waals surface area contributed by atoms with Crippen LogP contribution in [0.3, 0.4) is 0 Å². The van der Waals surface area contributed by atoms with Gasteiger partial charge in [0.25, 0.3) is 0 Å². The molecule has 0 aromatic carbocycles. The van der Waals surface area contributed by atoms with Crippen molar-refractivity contribution in [2.75, 3.05) is 0 Å². The molecule has 1 aromatic rings. The molecule has 1 aromatic heterocycles. The first kappa shape index (κ1) is 9.15. The predicted octanol–water partition coefficient (Wildman–Crippen LogP) is -0.288. The molecule has 0 aliphatic heterocycles. The summed E-state index contributed by atoms with van der Waals surface area (Å²) < 4.78 is 1.50. The summed E-state index contributed by atoms with van der Waals surface area (Å²) in [6, 6.07) is 0. The number of rotatable bonds is 3. The number of aromatic nitrogens is 3. The minimum absolute atomic E-state index is 0.361. The highest BCUT2D eigenvalue weighted by Gasteiger charge is 2.10. The van der Waals surface area contributed by atoms with Crippen LogP contribution in [0, 0.1) is 0 Å². The van der Waals surface area contributed by atoms with Crippen LogP contribution in [0.15, 0.2) is 6.20 Å². The average Bonchev–Trinajstić information content (AvgIpc) is 2.33. The number of aliphatic hydroxyl groups is 2. The second-order valence-corrected chi connectivity index (χ2v) is 2.87. The van der Waals surface area contributed by atoms with Crippen LogP contribution < -0.4 is 0 Å². The third-order valence-electron chi connectivity index (χ3n) is 1.51. The third-order valence-corrected chi connectivity index (χ3v) is 1.51. The molecule has 0 spiro atoms. The molecule has 2 atom stereocenters. The summed E-state index contributed by atoms with van der Waals surface area (Å²) in [5.74, 6) is 0. The van der Waals surface area contributed by atoms with E-state index in [1.807, 2.05) is 0 Å². The van der Waals surface area contributed by atoms with E-state index in [-0.39, 0.29) is 0 Å². The summed E-state index contributed by atoms with van der Waals surface area (Å²) >= 11 is 0. The average molecular weight is 171 g/mol. The van der Waals surface area contributed by atoms with E-state index >= 15 is 0 Å². The second kappa shape index (κ2) is 3.64. The largest absolute Gasteiger partial charge is 0.391 e. The maximum atomic E-state index is 9.22. The molecule has 68 valence electrons. The summed E-state index contributed by atoms with van der Waals surface area (Å²) in [4.78, 5) is 0. The van der Waals surface area contributed by atoms with Crippen LogP contribution in [0.2, 0.25) is 0 Å². The first-order chi connectivity index (χ1) is 5.61. The van der Waals surface area contributed by atoms with Crippen molar-refractivity contribution in [2.24, 2.45) is 0 Å². The SMILES string of the molecule is CC(O)Cn1nncc1C(C)O. The molecule has 0 saturated heterocycles. The summed E-state index contributed by atoms with van der Waals surface area (Å²) in [6.07, 6.45) is 0.412. The van der Waals surface area contributed by atoms with Crippen LogP contribution >= 0.6 is 0 Å². The van der Waals surface area contributed by atoms with E-state index in [0.29, 0.717) is 12.2 Å². The summed E-state index contributed by atoms with van der Waals surface area (Å²) in [5.41, 5.74) is 0.621. The number of hydrogen-bond donors (Lipinski definition) is 2. The molecule has 0 amide bonds. The Hall–Kier alpha value is -0.940. The van der Waals surface area contributed by atoms with Crippen molar-refractivity contribution in [1.29, 1.82) is 0 Å². The van der Waals surface area contributed by atoms with Crippen LogP contribution in [-0.4, -0.2) is 31.3 Å². The molecule has 1 rings (SSSR count). The van der Waals surface area contributed by atoms with Crippen molar-refractivity contribution in [3.8, 4) is 0 Å². The van der Waals surface area contributed by atoms with E-state index in [2.05, 4.69) is 10.3 Å². The molecule has 2 N–H and O–H groups in total. The fourth-order valence-electron chi connectivity index (χ4n) is 0.981. The van der Waals surface area contributed by atoms with Gasteiger partial charge < -0.3 is 10.2 Å². The number of hydrogen-bond acceptors (Lipinski definition) is 4. The Morgan fingerprint density at radius 3 is 2.67 bits per heavy atom. The van der Waals surface area contributed by atoms with Gasteiger partial charge in [0.1, 0.15) is 0 Å². The number of aliphatic hydroxyl groups excluding tert-OH is 2. The maximum Gasteiger partial charge on any atom is 0.0945 e. The summed E-state index contributed by atoms with van der Waals surface area (Å²) in [5, 5.41) is 25.6. The summed E-state index contributed by atoms with van der Waals surface area (Å²) in [6.45, 7) is 3.66. The molecule has 1 heterocycles. The smallest absolute Gasteiger partial charge is 0.0945 e. The van der Waals surface area contributed by atoms with E-state index in [9.17, 15) is 5.11 Å². The molecule has 5 nitrogen and oxygen atoms in total. The lowest BCUT2D eigenvalue weighted by atomic mass is 10.3. The standard InChI is InChI=1S/C7H13N3O2/c1-5(11)4-10-7(6(2)12)3-8-9-10/h3,5-6,11-12H,4H2,1-2H3. The zero-order chi connectivity index (χ0) is 9.14. The van der Waals surface area contributed by atoms with Crippen LogP contribution in [0.5, 0.6) is 0 Å². The van der Waals surface area contributed by atoms with Crippen molar-refractivity contribution in [3.05, 3.63) is 11.9 Å². The second-order valence-electron chi connectivity index (χ2n) is 2.87. The van der Waals surface area contributed by atoms with E-state index in [0.717, 1.165) is 0 Å². The Balaban J connectivity index is 2.77. The monoisotopic (exact) mass is 171 g/mol. The van der Waals surface area contributed by atoms with Gasteiger partial charge in [0, 0.05) is 0 Å². The Morgan fingerprint density at radius 1 is 1.50 bits per heavy atom. The molecule has 5 heteroatoms. The fraction of sp³-hybridized carbons (Fsp3) is 0.714. The van der Waals surface area contributed by atoms with E-state index < -0.39 is 12.2 Å².